The first-order valence-corrected chi connectivity index (χ1v) is 11.7. The van der Waals surface area contributed by atoms with E-state index in [9.17, 15) is 4.79 Å². The van der Waals surface area contributed by atoms with Gasteiger partial charge >= 0.3 is 0 Å². The highest BCUT2D eigenvalue weighted by molar-refractivity contribution is 8.19. The Bertz CT molecular complexity index is 834. The number of thioether (sulfide) groups is 2. The smallest absolute Gasteiger partial charge is 0.254 e. The van der Waals surface area contributed by atoms with Gasteiger partial charge in [-0.2, -0.15) is 0 Å². The van der Waals surface area contributed by atoms with Crippen molar-refractivity contribution in [2.24, 2.45) is 0 Å². The monoisotopic (exact) mass is 415 g/mol. The Hall–Kier alpha value is -1.79. The lowest BCUT2D eigenvalue weighted by Gasteiger charge is -2.26. The van der Waals surface area contributed by atoms with Crippen LogP contribution in [0, 0.1) is 0 Å². The molecule has 2 aliphatic rings. The van der Waals surface area contributed by atoms with E-state index in [1.54, 1.807) is 14.2 Å². The lowest BCUT2D eigenvalue weighted by Crippen LogP contribution is -2.30. The van der Waals surface area contributed by atoms with Gasteiger partial charge in [-0.15, -0.1) is 23.5 Å². The summed E-state index contributed by atoms with van der Waals surface area (Å²) in [6.45, 7) is 0.786. The predicted molar refractivity (Wildman–Crippen MR) is 117 cm³/mol. The maximum absolute atomic E-state index is 13.2. The summed E-state index contributed by atoms with van der Waals surface area (Å²) in [4.78, 5) is 15.2. The molecule has 2 heterocycles. The Balaban J connectivity index is 1.53. The second kappa shape index (κ2) is 8.70. The number of carbonyl (C=O) groups is 1. The Kier molecular flexibility index (Phi) is 6.07. The maximum Gasteiger partial charge on any atom is 0.254 e. The van der Waals surface area contributed by atoms with Gasteiger partial charge in [-0.3, -0.25) is 4.79 Å². The van der Waals surface area contributed by atoms with Crippen molar-refractivity contribution in [3.05, 3.63) is 59.2 Å². The second-order valence-electron chi connectivity index (χ2n) is 6.97. The number of amides is 1. The van der Waals surface area contributed by atoms with E-state index in [-0.39, 0.29) is 11.9 Å². The lowest BCUT2D eigenvalue weighted by atomic mass is 10.0. The van der Waals surface area contributed by atoms with Crippen LogP contribution >= 0.6 is 23.5 Å². The highest BCUT2D eigenvalue weighted by atomic mass is 32.2. The number of benzene rings is 2. The van der Waals surface area contributed by atoms with Gasteiger partial charge in [0.05, 0.1) is 24.8 Å². The van der Waals surface area contributed by atoms with Crippen LogP contribution in [0.5, 0.6) is 11.5 Å². The molecule has 2 saturated heterocycles. The van der Waals surface area contributed by atoms with Crippen LogP contribution in [0.1, 0.15) is 45.0 Å². The summed E-state index contributed by atoms with van der Waals surface area (Å²) in [5.41, 5.74) is 3.17. The third-order valence-electron chi connectivity index (χ3n) is 5.36. The summed E-state index contributed by atoms with van der Waals surface area (Å²) < 4.78 is 11.3. The molecule has 1 atom stereocenters. The summed E-state index contributed by atoms with van der Waals surface area (Å²) in [6, 6.07) is 14.2. The van der Waals surface area contributed by atoms with Crippen LogP contribution in [0.2, 0.25) is 0 Å². The Morgan fingerprint density at radius 3 is 2.32 bits per heavy atom. The number of hydrogen-bond donors (Lipinski definition) is 0. The van der Waals surface area contributed by atoms with E-state index < -0.39 is 0 Å². The zero-order valence-corrected chi connectivity index (χ0v) is 17.9. The number of ether oxygens (including phenoxy) is 2. The standard InChI is InChI=1S/C22H25NO3S2/c1-25-19-10-9-17(14-20(19)26-2)18-4-3-11-23(18)21(24)15-5-7-16(8-6-15)22-27-12-13-28-22/h5-10,14,18,22H,3-4,11-13H2,1-2H3/t18-/m1/s1. The molecule has 28 heavy (non-hydrogen) atoms. The van der Waals surface area contributed by atoms with Crippen LogP contribution in [-0.4, -0.2) is 43.1 Å². The van der Waals surface area contributed by atoms with Gasteiger partial charge in [0.2, 0.25) is 0 Å². The van der Waals surface area contributed by atoms with Crippen molar-refractivity contribution in [3.8, 4) is 11.5 Å². The minimum atomic E-state index is 0.0768. The van der Waals surface area contributed by atoms with Gasteiger partial charge in [0.1, 0.15) is 0 Å². The van der Waals surface area contributed by atoms with E-state index >= 15 is 0 Å². The maximum atomic E-state index is 13.2. The number of methoxy groups -OCH3 is 2. The molecule has 2 aromatic rings. The van der Waals surface area contributed by atoms with Gasteiger partial charge in [0.25, 0.3) is 5.91 Å². The van der Waals surface area contributed by atoms with Crippen molar-refractivity contribution in [2.75, 3.05) is 32.3 Å². The van der Waals surface area contributed by atoms with E-state index in [0.29, 0.717) is 16.1 Å². The van der Waals surface area contributed by atoms with Gasteiger partial charge < -0.3 is 14.4 Å². The third kappa shape index (κ3) is 3.85. The van der Waals surface area contributed by atoms with Crippen molar-refractivity contribution in [1.29, 1.82) is 0 Å². The topological polar surface area (TPSA) is 38.8 Å². The molecule has 4 rings (SSSR count). The van der Waals surface area contributed by atoms with Gasteiger partial charge in [0, 0.05) is 23.6 Å². The summed E-state index contributed by atoms with van der Waals surface area (Å²) in [5, 5.41) is 0. The van der Waals surface area contributed by atoms with Crippen molar-refractivity contribution in [2.45, 2.75) is 23.5 Å². The predicted octanol–water partition coefficient (Wildman–Crippen LogP) is 5.16. The molecule has 4 nitrogen and oxygen atoms in total. The Morgan fingerprint density at radius 1 is 0.964 bits per heavy atom. The molecule has 1 amide bonds. The largest absolute Gasteiger partial charge is 0.493 e. The molecule has 0 radical (unpaired) electrons. The molecular weight excluding hydrogens is 390 g/mol. The molecule has 0 aromatic heterocycles. The van der Waals surface area contributed by atoms with E-state index in [1.807, 2.05) is 58.8 Å². The Labute approximate surface area is 175 Å². The second-order valence-corrected chi connectivity index (χ2v) is 9.69. The van der Waals surface area contributed by atoms with Gasteiger partial charge in [-0.25, -0.2) is 0 Å². The summed E-state index contributed by atoms with van der Waals surface area (Å²) in [5.74, 6) is 3.93. The minimum Gasteiger partial charge on any atom is -0.493 e. The van der Waals surface area contributed by atoms with Crippen LogP contribution in [0.3, 0.4) is 0 Å². The van der Waals surface area contributed by atoms with Crippen LogP contribution in [-0.2, 0) is 0 Å². The molecule has 2 fully saturated rings. The van der Waals surface area contributed by atoms with Crippen LogP contribution in [0.4, 0.5) is 0 Å². The molecule has 0 spiro atoms. The normalized spacial score (nSPS) is 19.8. The summed E-state index contributed by atoms with van der Waals surface area (Å²) in [6.07, 6.45) is 1.98. The number of carbonyl (C=O) groups excluding carboxylic acids is 1. The first kappa shape index (κ1) is 19.5. The molecule has 2 aromatic carbocycles. The first-order chi connectivity index (χ1) is 13.7. The zero-order chi connectivity index (χ0) is 19.5. The Morgan fingerprint density at radius 2 is 1.64 bits per heavy atom. The molecule has 0 bridgehead atoms. The van der Waals surface area contributed by atoms with Crippen molar-refractivity contribution in [1.82, 2.24) is 4.90 Å². The molecule has 6 heteroatoms. The molecule has 0 aliphatic carbocycles. The highest BCUT2D eigenvalue weighted by Crippen LogP contribution is 2.45. The van der Waals surface area contributed by atoms with Gasteiger partial charge in [-0.1, -0.05) is 18.2 Å². The van der Waals surface area contributed by atoms with Crippen LogP contribution < -0.4 is 9.47 Å². The summed E-state index contributed by atoms with van der Waals surface area (Å²) >= 11 is 3.97. The average Bonchev–Trinajstić information content (AvgIpc) is 3.45. The number of rotatable bonds is 5. The molecule has 0 saturated carbocycles. The summed E-state index contributed by atoms with van der Waals surface area (Å²) in [7, 11) is 3.27. The van der Waals surface area contributed by atoms with Crippen molar-refractivity contribution < 1.29 is 14.3 Å². The SMILES string of the molecule is COc1ccc([C@H]2CCCN2C(=O)c2ccc(C3SCCS3)cc2)cc1OC. The molecular formula is C22H25NO3S2. The van der Waals surface area contributed by atoms with E-state index in [1.165, 1.54) is 17.1 Å². The average molecular weight is 416 g/mol. The van der Waals surface area contributed by atoms with Crippen molar-refractivity contribution >= 4 is 29.4 Å². The minimum absolute atomic E-state index is 0.0768. The lowest BCUT2D eigenvalue weighted by molar-refractivity contribution is 0.0735. The van der Waals surface area contributed by atoms with E-state index in [0.717, 1.165) is 30.5 Å². The number of likely N-dealkylation sites (tertiary alicyclic amines) is 1. The fourth-order valence-electron chi connectivity index (χ4n) is 3.92. The fraction of sp³-hybridized carbons (Fsp3) is 0.409. The van der Waals surface area contributed by atoms with Gasteiger partial charge in [-0.05, 0) is 48.2 Å². The molecule has 148 valence electrons. The number of hydrogen-bond acceptors (Lipinski definition) is 5. The quantitative estimate of drug-likeness (QED) is 0.674. The number of nitrogens with zero attached hydrogens (tertiary/aromatic N) is 1. The third-order valence-corrected chi connectivity index (χ3v) is 8.46. The van der Waals surface area contributed by atoms with Gasteiger partial charge in [0.15, 0.2) is 11.5 Å². The molecule has 0 unspecified atom stereocenters. The zero-order valence-electron chi connectivity index (χ0n) is 16.2. The van der Waals surface area contributed by atoms with E-state index in [4.69, 9.17) is 9.47 Å². The van der Waals surface area contributed by atoms with Crippen LogP contribution in [0.25, 0.3) is 0 Å². The van der Waals surface area contributed by atoms with Crippen molar-refractivity contribution in [3.63, 3.8) is 0 Å². The fourth-order valence-corrected chi connectivity index (χ4v) is 6.78. The van der Waals surface area contributed by atoms with Crippen LogP contribution in [0.15, 0.2) is 42.5 Å². The molecule has 0 N–H and O–H groups in total. The molecule has 2 aliphatic heterocycles. The highest BCUT2D eigenvalue weighted by Gasteiger charge is 2.31. The first-order valence-electron chi connectivity index (χ1n) is 9.57. The van der Waals surface area contributed by atoms with E-state index in [2.05, 4.69) is 12.1 Å².